The molecule has 0 radical (unpaired) electrons. The Balaban J connectivity index is 1.56. The van der Waals surface area contributed by atoms with Gasteiger partial charge in [0.05, 0.1) is 36.8 Å². The van der Waals surface area contributed by atoms with E-state index in [0.717, 1.165) is 17.0 Å². The first-order valence-corrected chi connectivity index (χ1v) is 9.50. The molecule has 1 aliphatic rings. The van der Waals surface area contributed by atoms with Gasteiger partial charge in [0, 0.05) is 24.5 Å². The van der Waals surface area contributed by atoms with Gasteiger partial charge in [-0.2, -0.15) is 15.0 Å². The first kappa shape index (κ1) is 19.0. The number of anilines is 1. The molecule has 150 valence electrons. The van der Waals surface area contributed by atoms with Crippen molar-refractivity contribution in [1.82, 2.24) is 29.9 Å². The zero-order valence-electron chi connectivity index (χ0n) is 16.7. The van der Waals surface area contributed by atoms with Gasteiger partial charge in [-0.15, -0.1) is 0 Å². The molecule has 9 heteroatoms. The Kier molecular flexibility index (Phi) is 5.22. The van der Waals surface area contributed by atoms with E-state index in [0.29, 0.717) is 43.4 Å². The third-order valence-electron chi connectivity index (χ3n) is 4.68. The zero-order chi connectivity index (χ0) is 20.4. The van der Waals surface area contributed by atoms with Crippen molar-refractivity contribution < 1.29 is 9.63 Å². The number of carbonyl (C=O) groups excluding carboxylic acids is 1. The standard InChI is InChI=1S/C20H23N7O2/c1-14-4-5-18(27-21-6-7-22-27)17(12-14)19(28)25-8-9-26(29-11-10-25)20-23-15(2)13-16(3)24-20/h4-7,12-13H,8-11H2,1-3H3. The molecule has 4 rings (SSSR count). The molecule has 9 nitrogen and oxygen atoms in total. The largest absolute Gasteiger partial charge is 0.334 e. The van der Waals surface area contributed by atoms with Crippen LogP contribution >= 0.6 is 0 Å². The highest BCUT2D eigenvalue weighted by Gasteiger charge is 2.25. The molecule has 2 aromatic heterocycles. The number of carbonyl (C=O) groups is 1. The fraction of sp³-hybridized carbons (Fsp3) is 0.350. The van der Waals surface area contributed by atoms with Gasteiger partial charge in [0.25, 0.3) is 5.91 Å². The summed E-state index contributed by atoms with van der Waals surface area (Å²) in [6, 6.07) is 7.60. The van der Waals surface area contributed by atoms with Crippen LogP contribution in [0.3, 0.4) is 0 Å². The van der Waals surface area contributed by atoms with Crippen molar-refractivity contribution >= 4 is 11.9 Å². The van der Waals surface area contributed by atoms with Gasteiger partial charge in [0.2, 0.25) is 5.95 Å². The maximum absolute atomic E-state index is 13.3. The van der Waals surface area contributed by atoms with Crippen molar-refractivity contribution in [3.63, 3.8) is 0 Å². The van der Waals surface area contributed by atoms with Gasteiger partial charge < -0.3 is 4.90 Å². The summed E-state index contributed by atoms with van der Waals surface area (Å²) in [6.07, 6.45) is 3.19. The first-order chi connectivity index (χ1) is 14.0. The van der Waals surface area contributed by atoms with E-state index in [1.165, 1.54) is 4.80 Å². The smallest absolute Gasteiger partial charge is 0.256 e. The maximum atomic E-state index is 13.3. The summed E-state index contributed by atoms with van der Waals surface area (Å²) in [5.41, 5.74) is 3.98. The Morgan fingerprint density at radius 3 is 2.41 bits per heavy atom. The van der Waals surface area contributed by atoms with Crippen LogP contribution < -0.4 is 5.06 Å². The second-order valence-electron chi connectivity index (χ2n) is 7.02. The Morgan fingerprint density at radius 1 is 0.966 bits per heavy atom. The Hall–Kier alpha value is -3.33. The maximum Gasteiger partial charge on any atom is 0.256 e. The number of benzene rings is 1. The second-order valence-corrected chi connectivity index (χ2v) is 7.02. The first-order valence-electron chi connectivity index (χ1n) is 9.50. The number of hydrogen-bond donors (Lipinski definition) is 0. The predicted molar refractivity (Wildman–Crippen MR) is 107 cm³/mol. The lowest BCUT2D eigenvalue weighted by Crippen LogP contribution is -2.36. The average Bonchev–Trinajstić information content (AvgIpc) is 3.10. The molecule has 29 heavy (non-hydrogen) atoms. The van der Waals surface area contributed by atoms with E-state index in [9.17, 15) is 4.79 Å². The Morgan fingerprint density at radius 2 is 1.69 bits per heavy atom. The summed E-state index contributed by atoms with van der Waals surface area (Å²) >= 11 is 0. The number of aryl methyl sites for hydroxylation is 3. The highest BCUT2D eigenvalue weighted by Crippen LogP contribution is 2.19. The third-order valence-corrected chi connectivity index (χ3v) is 4.68. The SMILES string of the molecule is Cc1ccc(-n2nccn2)c(C(=O)N2CCON(c3nc(C)cc(C)n3)CC2)c1. The van der Waals surface area contributed by atoms with Crippen LogP contribution in [0.1, 0.15) is 27.3 Å². The van der Waals surface area contributed by atoms with Crippen molar-refractivity contribution in [3.05, 3.63) is 59.2 Å². The molecule has 0 unspecified atom stereocenters. The molecule has 0 saturated carbocycles. The van der Waals surface area contributed by atoms with Crippen molar-refractivity contribution in [2.45, 2.75) is 20.8 Å². The summed E-state index contributed by atoms with van der Waals surface area (Å²) in [6.45, 7) is 7.62. The summed E-state index contributed by atoms with van der Waals surface area (Å²) < 4.78 is 0. The van der Waals surface area contributed by atoms with Crippen LogP contribution in [0.15, 0.2) is 36.7 Å². The lowest BCUT2D eigenvalue weighted by atomic mass is 10.1. The van der Waals surface area contributed by atoms with Crippen molar-refractivity contribution in [1.29, 1.82) is 0 Å². The summed E-state index contributed by atoms with van der Waals surface area (Å²) in [7, 11) is 0. The topological polar surface area (TPSA) is 89.3 Å². The normalized spacial score (nSPS) is 14.7. The van der Waals surface area contributed by atoms with E-state index in [4.69, 9.17) is 4.84 Å². The van der Waals surface area contributed by atoms with Crippen LogP contribution in [0.5, 0.6) is 0 Å². The third kappa shape index (κ3) is 4.09. The molecule has 1 aliphatic heterocycles. The highest BCUT2D eigenvalue weighted by atomic mass is 16.7. The van der Waals surface area contributed by atoms with Crippen molar-refractivity contribution in [2.75, 3.05) is 31.3 Å². The van der Waals surface area contributed by atoms with E-state index < -0.39 is 0 Å². The second kappa shape index (κ2) is 7.96. The van der Waals surface area contributed by atoms with Crippen LogP contribution in [0.25, 0.3) is 5.69 Å². The molecule has 1 fully saturated rings. The summed E-state index contributed by atoms with van der Waals surface area (Å²) in [4.78, 5) is 31.3. The van der Waals surface area contributed by atoms with Crippen LogP contribution in [0.2, 0.25) is 0 Å². The van der Waals surface area contributed by atoms with E-state index >= 15 is 0 Å². The van der Waals surface area contributed by atoms with E-state index in [1.54, 1.807) is 22.4 Å². The average molecular weight is 393 g/mol. The van der Waals surface area contributed by atoms with Crippen molar-refractivity contribution in [2.24, 2.45) is 0 Å². The van der Waals surface area contributed by atoms with Gasteiger partial charge in [-0.05, 0) is 39.0 Å². The minimum atomic E-state index is -0.0761. The number of amides is 1. The highest BCUT2D eigenvalue weighted by molar-refractivity contribution is 5.98. The molecular formula is C20H23N7O2. The zero-order valence-corrected chi connectivity index (χ0v) is 16.7. The number of hydrogen-bond acceptors (Lipinski definition) is 7. The predicted octanol–water partition coefficient (Wildman–Crippen LogP) is 1.88. The van der Waals surface area contributed by atoms with Gasteiger partial charge >= 0.3 is 0 Å². The molecule has 1 saturated heterocycles. The number of nitrogens with zero attached hydrogens (tertiary/aromatic N) is 7. The van der Waals surface area contributed by atoms with Crippen molar-refractivity contribution in [3.8, 4) is 5.69 Å². The van der Waals surface area contributed by atoms with E-state index in [2.05, 4.69) is 20.2 Å². The minimum Gasteiger partial charge on any atom is -0.334 e. The molecule has 1 amide bonds. The van der Waals surface area contributed by atoms with Crippen LogP contribution in [0.4, 0.5) is 5.95 Å². The quantitative estimate of drug-likeness (QED) is 0.671. The molecule has 0 spiro atoms. The van der Waals surface area contributed by atoms with Gasteiger partial charge in [-0.3, -0.25) is 9.63 Å². The van der Waals surface area contributed by atoms with Gasteiger partial charge in [-0.1, -0.05) is 11.6 Å². The number of hydroxylamine groups is 1. The van der Waals surface area contributed by atoms with Crippen LogP contribution in [-0.2, 0) is 4.84 Å². The molecule has 3 heterocycles. The summed E-state index contributed by atoms with van der Waals surface area (Å²) in [5, 5.41) is 10.0. The van der Waals surface area contributed by atoms with E-state index in [1.807, 2.05) is 45.0 Å². The molecule has 0 atom stereocenters. The van der Waals surface area contributed by atoms with Gasteiger partial charge in [0.1, 0.15) is 0 Å². The Bertz CT molecular complexity index is 999. The lowest BCUT2D eigenvalue weighted by molar-refractivity contribution is 0.0729. The number of aromatic nitrogens is 5. The van der Waals surface area contributed by atoms with E-state index in [-0.39, 0.29) is 5.91 Å². The Labute approximate surface area is 168 Å². The fourth-order valence-corrected chi connectivity index (χ4v) is 3.33. The summed E-state index contributed by atoms with van der Waals surface area (Å²) in [5.74, 6) is 0.446. The van der Waals surface area contributed by atoms with Crippen LogP contribution in [-0.4, -0.2) is 62.0 Å². The van der Waals surface area contributed by atoms with Gasteiger partial charge in [0.15, 0.2) is 0 Å². The minimum absolute atomic E-state index is 0.0761. The number of rotatable bonds is 3. The van der Waals surface area contributed by atoms with Gasteiger partial charge in [-0.25, -0.2) is 15.0 Å². The molecule has 0 bridgehead atoms. The lowest BCUT2D eigenvalue weighted by Gasteiger charge is -2.22. The monoisotopic (exact) mass is 393 g/mol. The molecule has 1 aromatic carbocycles. The fourth-order valence-electron chi connectivity index (χ4n) is 3.33. The molecule has 3 aromatic rings. The molecule has 0 aliphatic carbocycles. The molecular weight excluding hydrogens is 370 g/mol. The molecule has 0 N–H and O–H groups in total. The van der Waals surface area contributed by atoms with Crippen LogP contribution in [0, 0.1) is 20.8 Å².